The lowest BCUT2D eigenvalue weighted by Crippen LogP contribution is -1.96. The number of nitriles is 1. The van der Waals surface area contributed by atoms with Crippen LogP contribution in [0.4, 0.5) is 0 Å². The second-order valence-electron chi connectivity index (χ2n) is 3.28. The summed E-state index contributed by atoms with van der Waals surface area (Å²) in [4.78, 5) is 18.9. The summed E-state index contributed by atoms with van der Waals surface area (Å²) in [6, 6.07) is 8.13. The van der Waals surface area contributed by atoms with Gasteiger partial charge in [0.1, 0.15) is 10.1 Å². The third-order valence-electron chi connectivity index (χ3n) is 2.05. The Morgan fingerprint density at radius 3 is 2.56 bits per heavy atom. The molecule has 0 saturated carbocycles. The second-order valence-corrected chi connectivity index (χ2v) is 4.33. The van der Waals surface area contributed by atoms with Gasteiger partial charge in [-0.15, -0.1) is 0 Å². The normalized spacial score (nSPS) is 9.72. The Morgan fingerprint density at radius 2 is 1.89 bits per heavy atom. The van der Waals surface area contributed by atoms with Crippen LogP contribution in [0.3, 0.4) is 0 Å². The minimum Gasteiger partial charge on any atom is -0.478 e. The molecular formula is C12H7N3O2S. The van der Waals surface area contributed by atoms with Crippen LogP contribution >= 0.6 is 11.8 Å². The first kappa shape index (κ1) is 12.1. The first-order valence-corrected chi connectivity index (χ1v) is 5.74. The standard InChI is InChI=1S/C12H7N3O2S/c13-7-8-1-3-14-10(5-8)18-11-6-9(12(16)17)2-4-15-11/h1-6H,(H,16,17). The van der Waals surface area contributed by atoms with Crippen LogP contribution in [-0.2, 0) is 0 Å². The van der Waals surface area contributed by atoms with Crippen LogP contribution in [0.2, 0.25) is 0 Å². The van der Waals surface area contributed by atoms with Crippen molar-refractivity contribution in [3.63, 3.8) is 0 Å². The van der Waals surface area contributed by atoms with E-state index in [2.05, 4.69) is 9.97 Å². The van der Waals surface area contributed by atoms with Gasteiger partial charge in [0.15, 0.2) is 0 Å². The zero-order chi connectivity index (χ0) is 13.0. The molecular weight excluding hydrogens is 250 g/mol. The molecule has 0 fully saturated rings. The van der Waals surface area contributed by atoms with Gasteiger partial charge in [0.25, 0.3) is 0 Å². The molecule has 0 atom stereocenters. The van der Waals surface area contributed by atoms with Gasteiger partial charge in [-0.25, -0.2) is 14.8 Å². The minimum absolute atomic E-state index is 0.170. The summed E-state index contributed by atoms with van der Waals surface area (Å²) in [6.45, 7) is 0. The molecule has 0 radical (unpaired) electrons. The molecule has 2 aromatic heterocycles. The third kappa shape index (κ3) is 2.84. The fourth-order valence-corrected chi connectivity index (χ4v) is 2.05. The van der Waals surface area contributed by atoms with Crippen molar-refractivity contribution in [3.8, 4) is 6.07 Å². The number of aromatic carboxylic acids is 1. The predicted molar refractivity (Wildman–Crippen MR) is 64.3 cm³/mol. The van der Waals surface area contributed by atoms with Crippen molar-refractivity contribution in [3.05, 3.63) is 47.8 Å². The average Bonchev–Trinajstić information content (AvgIpc) is 2.39. The fourth-order valence-electron chi connectivity index (χ4n) is 1.24. The van der Waals surface area contributed by atoms with Crippen LogP contribution in [0, 0.1) is 11.3 Å². The van der Waals surface area contributed by atoms with E-state index >= 15 is 0 Å². The highest BCUT2D eigenvalue weighted by molar-refractivity contribution is 7.99. The van der Waals surface area contributed by atoms with Crippen LogP contribution < -0.4 is 0 Å². The molecule has 1 N–H and O–H groups in total. The smallest absolute Gasteiger partial charge is 0.335 e. The van der Waals surface area contributed by atoms with E-state index in [9.17, 15) is 4.79 Å². The maximum atomic E-state index is 10.8. The van der Waals surface area contributed by atoms with Crippen LogP contribution in [0.1, 0.15) is 15.9 Å². The van der Waals surface area contributed by atoms with Crippen LogP contribution in [0.25, 0.3) is 0 Å². The van der Waals surface area contributed by atoms with Crippen molar-refractivity contribution in [2.24, 2.45) is 0 Å². The van der Waals surface area contributed by atoms with Crippen LogP contribution in [-0.4, -0.2) is 21.0 Å². The zero-order valence-corrected chi connectivity index (χ0v) is 9.89. The van der Waals surface area contributed by atoms with Crippen molar-refractivity contribution in [1.82, 2.24) is 9.97 Å². The number of rotatable bonds is 3. The molecule has 0 aromatic carbocycles. The minimum atomic E-state index is -1.00. The van der Waals surface area contributed by atoms with Gasteiger partial charge in [-0.05, 0) is 24.3 Å². The van der Waals surface area contributed by atoms with Gasteiger partial charge < -0.3 is 5.11 Å². The number of nitrogens with zero attached hydrogens (tertiary/aromatic N) is 3. The fraction of sp³-hybridized carbons (Fsp3) is 0. The molecule has 88 valence electrons. The van der Waals surface area contributed by atoms with E-state index in [0.29, 0.717) is 15.6 Å². The van der Waals surface area contributed by atoms with Crippen LogP contribution in [0.15, 0.2) is 46.7 Å². The van der Waals surface area contributed by atoms with Crippen molar-refractivity contribution >= 4 is 17.7 Å². The van der Waals surface area contributed by atoms with E-state index in [-0.39, 0.29) is 5.56 Å². The summed E-state index contributed by atoms with van der Waals surface area (Å²) < 4.78 is 0. The Labute approximate surface area is 107 Å². The quantitative estimate of drug-likeness (QED) is 0.906. The van der Waals surface area contributed by atoms with Gasteiger partial charge in [0.2, 0.25) is 0 Å². The molecule has 0 spiro atoms. The van der Waals surface area contributed by atoms with Gasteiger partial charge >= 0.3 is 5.97 Å². The number of carboxylic acid groups (broad SMARTS) is 1. The molecule has 0 aliphatic rings. The highest BCUT2D eigenvalue weighted by Gasteiger charge is 2.06. The molecule has 0 unspecified atom stereocenters. The summed E-state index contributed by atoms with van der Waals surface area (Å²) in [5.74, 6) is -1.00. The lowest BCUT2D eigenvalue weighted by atomic mass is 10.3. The maximum absolute atomic E-state index is 10.8. The summed E-state index contributed by atoms with van der Waals surface area (Å²) >= 11 is 1.21. The van der Waals surface area contributed by atoms with E-state index in [4.69, 9.17) is 10.4 Å². The van der Waals surface area contributed by atoms with E-state index in [0.717, 1.165) is 0 Å². The van der Waals surface area contributed by atoms with E-state index in [1.165, 1.54) is 36.3 Å². The highest BCUT2D eigenvalue weighted by atomic mass is 32.2. The summed E-state index contributed by atoms with van der Waals surface area (Å²) in [6.07, 6.45) is 2.96. The topological polar surface area (TPSA) is 86.9 Å². The number of carboxylic acids is 1. The second kappa shape index (κ2) is 5.29. The monoisotopic (exact) mass is 257 g/mol. The predicted octanol–water partition coefficient (Wildman–Crippen LogP) is 2.20. The summed E-state index contributed by atoms with van der Waals surface area (Å²) in [5.41, 5.74) is 0.672. The largest absolute Gasteiger partial charge is 0.478 e. The van der Waals surface area contributed by atoms with Crippen molar-refractivity contribution in [2.75, 3.05) is 0 Å². The highest BCUT2D eigenvalue weighted by Crippen LogP contribution is 2.24. The van der Waals surface area contributed by atoms with E-state index < -0.39 is 5.97 Å². The van der Waals surface area contributed by atoms with Gasteiger partial charge in [-0.1, -0.05) is 11.8 Å². The first-order valence-electron chi connectivity index (χ1n) is 4.92. The molecule has 0 aliphatic carbocycles. The molecule has 0 saturated heterocycles. The maximum Gasteiger partial charge on any atom is 0.335 e. The Bertz CT molecular complexity index is 637. The van der Waals surface area contributed by atoms with E-state index in [1.807, 2.05) is 6.07 Å². The first-order chi connectivity index (χ1) is 8.69. The number of hydrogen-bond acceptors (Lipinski definition) is 5. The van der Waals surface area contributed by atoms with Gasteiger partial charge in [-0.3, -0.25) is 0 Å². The Kier molecular flexibility index (Phi) is 3.55. The average molecular weight is 257 g/mol. The number of carbonyl (C=O) groups is 1. The molecule has 0 amide bonds. The van der Waals surface area contributed by atoms with Crippen LogP contribution in [0.5, 0.6) is 0 Å². The molecule has 0 bridgehead atoms. The van der Waals surface area contributed by atoms with E-state index in [1.54, 1.807) is 12.1 Å². The molecule has 18 heavy (non-hydrogen) atoms. The number of aromatic nitrogens is 2. The lowest BCUT2D eigenvalue weighted by molar-refractivity contribution is 0.0696. The number of hydrogen-bond donors (Lipinski definition) is 1. The molecule has 2 rings (SSSR count). The molecule has 0 aliphatic heterocycles. The Hall–Kier alpha value is -2.39. The lowest BCUT2D eigenvalue weighted by Gasteiger charge is -2.01. The van der Waals surface area contributed by atoms with Crippen molar-refractivity contribution in [2.45, 2.75) is 10.1 Å². The molecule has 2 aromatic rings. The number of pyridine rings is 2. The Morgan fingerprint density at radius 1 is 1.22 bits per heavy atom. The molecule has 2 heterocycles. The molecule has 6 heteroatoms. The zero-order valence-electron chi connectivity index (χ0n) is 9.07. The summed E-state index contributed by atoms with van der Waals surface area (Å²) in [5, 5.41) is 18.8. The SMILES string of the molecule is N#Cc1ccnc(Sc2cc(C(=O)O)ccn2)c1. The van der Waals surface area contributed by atoms with Gasteiger partial charge in [-0.2, -0.15) is 5.26 Å². The van der Waals surface area contributed by atoms with Gasteiger partial charge in [0.05, 0.1) is 17.2 Å². The summed E-state index contributed by atoms with van der Waals surface area (Å²) in [7, 11) is 0. The third-order valence-corrected chi connectivity index (χ3v) is 2.92. The van der Waals surface area contributed by atoms with Crippen molar-refractivity contribution in [1.29, 1.82) is 5.26 Å². The van der Waals surface area contributed by atoms with Crippen molar-refractivity contribution < 1.29 is 9.90 Å². The molecule has 5 nitrogen and oxygen atoms in total. The Balaban J connectivity index is 2.26. The van der Waals surface area contributed by atoms with Gasteiger partial charge in [0, 0.05) is 12.4 Å².